The van der Waals surface area contributed by atoms with Gasteiger partial charge in [0.25, 0.3) is 5.91 Å². The number of nitrogens with zero attached hydrogens (tertiary/aromatic N) is 6. The van der Waals surface area contributed by atoms with Gasteiger partial charge in [-0.1, -0.05) is 36.4 Å². The van der Waals surface area contributed by atoms with Crippen LogP contribution in [0.5, 0.6) is 0 Å². The van der Waals surface area contributed by atoms with Crippen molar-refractivity contribution in [1.82, 2.24) is 23.0 Å². The van der Waals surface area contributed by atoms with E-state index in [2.05, 4.69) is 23.0 Å². The van der Waals surface area contributed by atoms with Crippen molar-refractivity contribution in [3.05, 3.63) is 54.1 Å². The second kappa shape index (κ2) is 7.25. The van der Waals surface area contributed by atoms with Gasteiger partial charge in [-0.25, -0.2) is 0 Å². The fourth-order valence-corrected chi connectivity index (χ4v) is 4.59. The SMILES string of the molecule is O=C(c1cccc2nsnc12)N1CCN(c2nc(-c3ccccc3)ns2)CC1. The molecule has 0 unspecified atom stereocenters. The summed E-state index contributed by atoms with van der Waals surface area (Å²) >= 11 is 2.54. The Balaban J connectivity index is 1.28. The normalized spacial score (nSPS) is 14.6. The molecule has 0 radical (unpaired) electrons. The molecule has 1 aliphatic heterocycles. The molecule has 0 aliphatic carbocycles. The zero-order valence-electron chi connectivity index (χ0n) is 14.9. The average molecular weight is 409 g/mol. The predicted octanol–water partition coefficient (Wildman–Crippen LogP) is 3.17. The molecule has 9 heteroatoms. The van der Waals surface area contributed by atoms with Crippen LogP contribution in [-0.2, 0) is 0 Å². The Labute approximate surface area is 169 Å². The highest BCUT2D eigenvalue weighted by molar-refractivity contribution is 7.09. The van der Waals surface area contributed by atoms with Crippen LogP contribution in [0, 0.1) is 0 Å². The highest BCUT2D eigenvalue weighted by Gasteiger charge is 2.25. The van der Waals surface area contributed by atoms with E-state index in [0.717, 1.165) is 46.9 Å². The molecule has 0 spiro atoms. The van der Waals surface area contributed by atoms with E-state index in [0.29, 0.717) is 24.2 Å². The second-order valence-electron chi connectivity index (χ2n) is 6.48. The number of hydrogen-bond donors (Lipinski definition) is 0. The topological polar surface area (TPSA) is 75.1 Å². The summed E-state index contributed by atoms with van der Waals surface area (Å²) in [5, 5.41) is 0.900. The highest BCUT2D eigenvalue weighted by atomic mass is 32.1. The minimum absolute atomic E-state index is 0.0141. The monoisotopic (exact) mass is 408 g/mol. The zero-order valence-corrected chi connectivity index (χ0v) is 16.5. The minimum atomic E-state index is 0.0141. The Morgan fingerprint density at radius 3 is 2.54 bits per heavy atom. The number of hydrogen-bond acceptors (Lipinski definition) is 8. The molecule has 1 fully saturated rings. The van der Waals surface area contributed by atoms with E-state index in [1.54, 1.807) is 0 Å². The van der Waals surface area contributed by atoms with Crippen LogP contribution in [0.15, 0.2) is 48.5 Å². The van der Waals surface area contributed by atoms with Crippen LogP contribution in [0.2, 0.25) is 0 Å². The van der Waals surface area contributed by atoms with Gasteiger partial charge in [-0.15, -0.1) is 0 Å². The van der Waals surface area contributed by atoms with Crippen LogP contribution in [-0.4, -0.2) is 55.1 Å². The van der Waals surface area contributed by atoms with Crippen molar-refractivity contribution in [1.29, 1.82) is 0 Å². The Kier molecular flexibility index (Phi) is 4.46. The first-order valence-electron chi connectivity index (χ1n) is 8.94. The summed E-state index contributed by atoms with van der Waals surface area (Å²) in [6, 6.07) is 15.5. The molecule has 0 saturated carbocycles. The molecular weight excluding hydrogens is 392 g/mol. The van der Waals surface area contributed by atoms with E-state index in [1.807, 2.05) is 53.4 Å². The summed E-state index contributed by atoms with van der Waals surface area (Å²) in [6.45, 7) is 2.76. The largest absolute Gasteiger partial charge is 0.343 e. The van der Waals surface area contributed by atoms with E-state index in [1.165, 1.54) is 11.5 Å². The van der Waals surface area contributed by atoms with Crippen LogP contribution in [0.4, 0.5) is 5.13 Å². The van der Waals surface area contributed by atoms with Crippen LogP contribution >= 0.6 is 23.3 Å². The predicted molar refractivity (Wildman–Crippen MR) is 111 cm³/mol. The van der Waals surface area contributed by atoms with E-state index < -0.39 is 0 Å². The highest BCUT2D eigenvalue weighted by Crippen LogP contribution is 2.25. The number of rotatable bonds is 3. The first-order valence-corrected chi connectivity index (χ1v) is 10.4. The van der Waals surface area contributed by atoms with Gasteiger partial charge in [0.15, 0.2) is 5.82 Å². The lowest BCUT2D eigenvalue weighted by atomic mass is 10.1. The minimum Gasteiger partial charge on any atom is -0.343 e. The van der Waals surface area contributed by atoms with E-state index in [4.69, 9.17) is 0 Å². The van der Waals surface area contributed by atoms with Crippen LogP contribution in [0.25, 0.3) is 22.4 Å². The van der Waals surface area contributed by atoms with E-state index >= 15 is 0 Å². The Bertz CT molecular complexity index is 1120. The van der Waals surface area contributed by atoms with Gasteiger partial charge in [-0.2, -0.15) is 18.1 Å². The third-order valence-corrected chi connectivity index (χ3v) is 6.12. The van der Waals surface area contributed by atoms with Gasteiger partial charge in [0, 0.05) is 43.3 Å². The number of fused-ring (bicyclic) bond motifs is 1. The standard InChI is InChI=1S/C19H16N6OS2/c26-18(14-7-4-8-15-16(14)22-28-21-15)24-9-11-25(12-10-24)19-20-17(23-27-19)13-5-2-1-3-6-13/h1-8H,9-12H2. The number of aromatic nitrogens is 4. The average Bonchev–Trinajstić information content (AvgIpc) is 3.43. The van der Waals surface area contributed by atoms with E-state index in [-0.39, 0.29) is 5.91 Å². The lowest BCUT2D eigenvalue weighted by molar-refractivity contribution is 0.0748. The van der Waals surface area contributed by atoms with Crippen molar-refractivity contribution in [2.75, 3.05) is 31.1 Å². The fourth-order valence-electron chi connectivity index (χ4n) is 3.30. The molecule has 2 aromatic heterocycles. The fraction of sp³-hybridized carbons (Fsp3) is 0.211. The van der Waals surface area contributed by atoms with Gasteiger partial charge in [0.05, 0.1) is 17.3 Å². The second-order valence-corrected chi connectivity index (χ2v) is 7.74. The van der Waals surface area contributed by atoms with Gasteiger partial charge in [0.2, 0.25) is 5.13 Å². The summed E-state index contributed by atoms with van der Waals surface area (Å²) in [5.74, 6) is 0.766. The van der Waals surface area contributed by atoms with Gasteiger partial charge in [-0.05, 0) is 12.1 Å². The summed E-state index contributed by atoms with van der Waals surface area (Å²) in [7, 11) is 0. The summed E-state index contributed by atoms with van der Waals surface area (Å²) in [5.41, 5.74) is 3.11. The van der Waals surface area contributed by atoms with Gasteiger partial charge in [-0.3, -0.25) is 4.79 Å². The maximum Gasteiger partial charge on any atom is 0.256 e. The maximum atomic E-state index is 13.0. The number of piperazine rings is 1. The molecule has 1 amide bonds. The molecule has 5 rings (SSSR count). The van der Waals surface area contributed by atoms with Gasteiger partial charge in [0.1, 0.15) is 11.0 Å². The molecule has 140 valence electrons. The molecule has 1 saturated heterocycles. The lowest BCUT2D eigenvalue weighted by Gasteiger charge is -2.34. The molecule has 3 heterocycles. The smallest absolute Gasteiger partial charge is 0.256 e. The maximum absolute atomic E-state index is 13.0. The summed E-state index contributed by atoms with van der Waals surface area (Å²) < 4.78 is 13.0. The Hall–Kier alpha value is -2.91. The van der Waals surface area contributed by atoms with Crippen molar-refractivity contribution in [2.24, 2.45) is 0 Å². The number of benzene rings is 2. The Morgan fingerprint density at radius 1 is 0.893 bits per heavy atom. The van der Waals surface area contributed by atoms with Crippen LogP contribution in [0.3, 0.4) is 0 Å². The molecule has 4 aromatic rings. The molecule has 2 aromatic carbocycles. The van der Waals surface area contributed by atoms with Gasteiger partial charge >= 0.3 is 0 Å². The summed E-state index contributed by atoms with van der Waals surface area (Å²) in [4.78, 5) is 21.7. The number of carbonyl (C=O) groups is 1. The van der Waals surface area contributed by atoms with Crippen LogP contribution in [0.1, 0.15) is 10.4 Å². The van der Waals surface area contributed by atoms with E-state index in [9.17, 15) is 4.79 Å². The van der Waals surface area contributed by atoms with Crippen LogP contribution < -0.4 is 4.90 Å². The molecule has 0 bridgehead atoms. The summed E-state index contributed by atoms with van der Waals surface area (Å²) in [6.07, 6.45) is 0. The molecule has 0 N–H and O–H groups in total. The quantitative estimate of drug-likeness (QED) is 0.518. The molecule has 0 atom stereocenters. The third-order valence-electron chi connectivity index (χ3n) is 4.80. The van der Waals surface area contributed by atoms with Crippen molar-refractivity contribution < 1.29 is 4.79 Å². The van der Waals surface area contributed by atoms with Crippen molar-refractivity contribution >= 4 is 45.3 Å². The first kappa shape index (κ1) is 17.2. The number of amides is 1. The first-order chi connectivity index (χ1) is 13.8. The third kappa shape index (κ3) is 3.12. The van der Waals surface area contributed by atoms with Crippen molar-refractivity contribution in [3.63, 3.8) is 0 Å². The van der Waals surface area contributed by atoms with Gasteiger partial charge < -0.3 is 9.80 Å². The molecule has 7 nitrogen and oxygen atoms in total. The van der Waals surface area contributed by atoms with Crippen molar-refractivity contribution in [3.8, 4) is 11.4 Å². The number of carbonyl (C=O) groups excluding carboxylic acids is 1. The molecule has 1 aliphatic rings. The Morgan fingerprint density at radius 2 is 1.71 bits per heavy atom. The zero-order chi connectivity index (χ0) is 18.9. The molecule has 28 heavy (non-hydrogen) atoms. The number of anilines is 1. The molecular formula is C19H16N6OS2. The lowest BCUT2D eigenvalue weighted by Crippen LogP contribution is -2.48. The van der Waals surface area contributed by atoms with Crippen molar-refractivity contribution in [2.45, 2.75) is 0 Å².